The maximum absolute atomic E-state index is 5.61. The topological polar surface area (TPSA) is 68.8 Å². The molecule has 0 radical (unpaired) electrons. The van der Waals surface area contributed by atoms with Crippen LogP contribution < -0.4 is 11.3 Å². The third-order valence-corrected chi connectivity index (χ3v) is 4.41. The summed E-state index contributed by atoms with van der Waals surface area (Å²) in [6.45, 7) is 1.99. The van der Waals surface area contributed by atoms with Crippen molar-refractivity contribution in [3.8, 4) is 0 Å². The maximum atomic E-state index is 5.61. The summed E-state index contributed by atoms with van der Waals surface area (Å²) < 4.78 is 1.89. The molecule has 2 aromatic heterocycles. The molecule has 0 spiro atoms. The zero-order valence-corrected chi connectivity index (χ0v) is 12.8. The van der Waals surface area contributed by atoms with Crippen LogP contribution in [0.5, 0.6) is 0 Å². The molecule has 108 valence electrons. The minimum atomic E-state index is 0.722. The summed E-state index contributed by atoms with van der Waals surface area (Å²) in [7, 11) is 1.95. The molecule has 5 nitrogen and oxygen atoms in total. The molecule has 0 saturated carbocycles. The number of thioether (sulfide) groups is 1. The number of aromatic nitrogens is 3. The van der Waals surface area contributed by atoms with Gasteiger partial charge in [-0.3, -0.25) is 4.68 Å². The number of hydrogen-bond donors (Lipinski definition) is 2. The van der Waals surface area contributed by atoms with Crippen molar-refractivity contribution in [1.82, 2.24) is 14.8 Å². The summed E-state index contributed by atoms with van der Waals surface area (Å²) >= 11 is 1.72. The SMILES string of the molecule is Cc1cc(SCc2cc3ccccc3nc2NN)n(C)n1. The van der Waals surface area contributed by atoms with Crippen LogP contribution >= 0.6 is 11.8 Å². The highest BCUT2D eigenvalue weighted by molar-refractivity contribution is 7.98. The first-order valence-corrected chi connectivity index (χ1v) is 7.64. The van der Waals surface area contributed by atoms with E-state index in [2.05, 4.69) is 33.7 Å². The minimum Gasteiger partial charge on any atom is -0.308 e. The number of nitrogens with zero attached hydrogens (tertiary/aromatic N) is 3. The van der Waals surface area contributed by atoms with E-state index in [4.69, 9.17) is 5.84 Å². The summed E-state index contributed by atoms with van der Waals surface area (Å²) in [5.74, 6) is 7.12. The van der Waals surface area contributed by atoms with Crippen molar-refractivity contribution in [2.24, 2.45) is 12.9 Å². The summed E-state index contributed by atoms with van der Waals surface area (Å²) in [5, 5.41) is 6.60. The van der Waals surface area contributed by atoms with Gasteiger partial charge >= 0.3 is 0 Å². The Hall–Kier alpha value is -2.05. The molecule has 0 amide bonds. The van der Waals surface area contributed by atoms with Crippen LogP contribution in [0.25, 0.3) is 10.9 Å². The fraction of sp³-hybridized carbons (Fsp3) is 0.200. The zero-order chi connectivity index (χ0) is 14.8. The smallest absolute Gasteiger partial charge is 0.144 e. The zero-order valence-electron chi connectivity index (χ0n) is 12.0. The number of rotatable bonds is 4. The molecule has 0 fully saturated rings. The highest BCUT2D eigenvalue weighted by atomic mass is 32.2. The van der Waals surface area contributed by atoms with Gasteiger partial charge in [-0.15, -0.1) is 11.8 Å². The first kappa shape index (κ1) is 13.9. The van der Waals surface area contributed by atoms with Gasteiger partial charge < -0.3 is 5.43 Å². The molecular weight excluding hydrogens is 282 g/mol. The predicted octanol–water partition coefficient (Wildman–Crippen LogP) is 2.85. The predicted molar refractivity (Wildman–Crippen MR) is 87.1 cm³/mol. The molecule has 21 heavy (non-hydrogen) atoms. The Labute approximate surface area is 127 Å². The Bertz CT molecular complexity index is 781. The molecule has 3 rings (SSSR count). The second-order valence-corrected chi connectivity index (χ2v) is 5.87. The van der Waals surface area contributed by atoms with Gasteiger partial charge in [0.2, 0.25) is 0 Å². The van der Waals surface area contributed by atoms with E-state index < -0.39 is 0 Å². The number of para-hydroxylation sites is 1. The lowest BCUT2D eigenvalue weighted by atomic mass is 10.1. The van der Waals surface area contributed by atoms with Crippen LogP contribution in [0.2, 0.25) is 0 Å². The molecule has 0 unspecified atom stereocenters. The van der Waals surface area contributed by atoms with Crippen LogP contribution in [0.15, 0.2) is 41.4 Å². The molecular formula is C15H17N5S. The van der Waals surface area contributed by atoms with Gasteiger partial charge in [0.05, 0.1) is 16.2 Å². The molecule has 0 atom stereocenters. The van der Waals surface area contributed by atoms with E-state index in [1.54, 1.807) is 11.8 Å². The standard InChI is InChI=1S/C15H17N5S/c1-10-7-14(20(2)19-10)21-9-12-8-11-5-3-4-6-13(11)17-15(12)18-16/h3-8H,9,16H2,1-2H3,(H,17,18). The maximum Gasteiger partial charge on any atom is 0.144 e. The van der Waals surface area contributed by atoms with E-state index in [0.717, 1.165) is 38.8 Å². The fourth-order valence-electron chi connectivity index (χ4n) is 2.27. The summed E-state index contributed by atoms with van der Waals surface area (Å²) in [5.41, 5.74) is 5.74. The number of aryl methyl sites for hydroxylation is 2. The van der Waals surface area contributed by atoms with E-state index in [1.807, 2.05) is 36.9 Å². The molecule has 0 aliphatic heterocycles. The number of hydrogen-bond acceptors (Lipinski definition) is 5. The summed E-state index contributed by atoms with van der Waals surface area (Å²) in [4.78, 5) is 4.56. The normalized spacial score (nSPS) is 11.0. The number of nitrogens with two attached hydrogens (primary N) is 1. The van der Waals surface area contributed by atoms with Crippen molar-refractivity contribution in [3.05, 3.63) is 47.7 Å². The highest BCUT2D eigenvalue weighted by Gasteiger charge is 2.09. The quantitative estimate of drug-likeness (QED) is 0.440. The van der Waals surface area contributed by atoms with Gasteiger partial charge in [-0.05, 0) is 25.1 Å². The third-order valence-electron chi connectivity index (χ3n) is 3.27. The van der Waals surface area contributed by atoms with Gasteiger partial charge in [0.1, 0.15) is 5.82 Å². The van der Waals surface area contributed by atoms with Gasteiger partial charge in [-0.2, -0.15) is 5.10 Å². The fourth-order valence-corrected chi connectivity index (χ4v) is 3.27. The van der Waals surface area contributed by atoms with Crippen LogP contribution in [0, 0.1) is 6.92 Å². The van der Waals surface area contributed by atoms with Crippen LogP contribution in [-0.4, -0.2) is 14.8 Å². The van der Waals surface area contributed by atoms with Crippen LogP contribution in [-0.2, 0) is 12.8 Å². The molecule has 6 heteroatoms. The molecule has 0 bridgehead atoms. The lowest BCUT2D eigenvalue weighted by Gasteiger charge is -2.09. The van der Waals surface area contributed by atoms with Gasteiger partial charge in [-0.1, -0.05) is 18.2 Å². The van der Waals surface area contributed by atoms with E-state index in [-0.39, 0.29) is 0 Å². The van der Waals surface area contributed by atoms with E-state index >= 15 is 0 Å². The number of nitrogen functional groups attached to an aromatic ring is 1. The van der Waals surface area contributed by atoms with Gasteiger partial charge in [0.15, 0.2) is 0 Å². The molecule has 2 heterocycles. The van der Waals surface area contributed by atoms with Crippen LogP contribution in [0.4, 0.5) is 5.82 Å². The van der Waals surface area contributed by atoms with Crippen molar-refractivity contribution in [2.45, 2.75) is 17.7 Å². The Morgan fingerprint density at radius 1 is 1.29 bits per heavy atom. The average Bonchev–Trinajstić information content (AvgIpc) is 2.82. The average molecular weight is 299 g/mol. The molecule has 3 aromatic rings. The third kappa shape index (κ3) is 2.86. The molecule has 1 aromatic carbocycles. The highest BCUT2D eigenvalue weighted by Crippen LogP contribution is 2.28. The van der Waals surface area contributed by atoms with Crippen LogP contribution in [0.3, 0.4) is 0 Å². The number of anilines is 1. The summed E-state index contributed by atoms with van der Waals surface area (Å²) in [6.07, 6.45) is 0. The van der Waals surface area contributed by atoms with Gasteiger partial charge in [-0.25, -0.2) is 10.8 Å². The first-order valence-electron chi connectivity index (χ1n) is 6.66. The Morgan fingerprint density at radius 2 is 2.10 bits per heavy atom. The molecule has 3 N–H and O–H groups in total. The number of pyridine rings is 1. The van der Waals surface area contributed by atoms with Crippen molar-refractivity contribution in [2.75, 3.05) is 5.43 Å². The number of hydrazine groups is 1. The van der Waals surface area contributed by atoms with Gasteiger partial charge in [0, 0.05) is 23.8 Å². The first-order chi connectivity index (χ1) is 10.2. The van der Waals surface area contributed by atoms with E-state index in [9.17, 15) is 0 Å². The van der Waals surface area contributed by atoms with Crippen molar-refractivity contribution in [3.63, 3.8) is 0 Å². The van der Waals surface area contributed by atoms with Crippen molar-refractivity contribution < 1.29 is 0 Å². The summed E-state index contributed by atoms with van der Waals surface area (Å²) in [6, 6.07) is 12.2. The molecule has 0 aliphatic carbocycles. The van der Waals surface area contributed by atoms with E-state index in [0.29, 0.717) is 0 Å². The molecule has 0 aliphatic rings. The lowest BCUT2D eigenvalue weighted by molar-refractivity contribution is 0.692. The largest absolute Gasteiger partial charge is 0.308 e. The van der Waals surface area contributed by atoms with Crippen molar-refractivity contribution >= 4 is 28.5 Å². The lowest BCUT2D eigenvalue weighted by Crippen LogP contribution is -2.11. The Morgan fingerprint density at radius 3 is 2.81 bits per heavy atom. The number of fused-ring (bicyclic) bond motifs is 1. The minimum absolute atomic E-state index is 0.722. The number of nitrogens with one attached hydrogen (secondary N) is 1. The Balaban J connectivity index is 1.90. The Kier molecular flexibility index (Phi) is 3.81. The molecule has 0 saturated heterocycles. The van der Waals surface area contributed by atoms with Crippen molar-refractivity contribution in [1.29, 1.82) is 0 Å². The second-order valence-electron chi connectivity index (χ2n) is 4.87. The second kappa shape index (κ2) is 5.75. The van der Waals surface area contributed by atoms with Gasteiger partial charge in [0.25, 0.3) is 0 Å². The monoisotopic (exact) mass is 299 g/mol. The van der Waals surface area contributed by atoms with E-state index in [1.165, 1.54) is 0 Å². The number of benzene rings is 1. The van der Waals surface area contributed by atoms with Crippen LogP contribution in [0.1, 0.15) is 11.3 Å².